The summed E-state index contributed by atoms with van der Waals surface area (Å²) < 4.78 is 5.06. The number of nitrogens with one attached hydrogen (secondary N) is 2. The molecule has 0 aliphatic heterocycles. The fourth-order valence-electron chi connectivity index (χ4n) is 1.69. The molecule has 6 nitrogen and oxygen atoms in total. The fraction of sp³-hybridized carbons (Fsp3) is 0.467. The summed E-state index contributed by atoms with van der Waals surface area (Å²) in [6.07, 6.45) is 1.06. The first-order valence-corrected chi connectivity index (χ1v) is 6.97. The van der Waals surface area contributed by atoms with Crippen LogP contribution in [0.15, 0.2) is 24.3 Å². The van der Waals surface area contributed by atoms with Crippen LogP contribution in [-0.2, 0) is 4.79 Å². The summed E-state index contributed by atoms with van der Waals surface area (Å²) in [5, 5.41) is 5.47. The second-order valence-corrected chi connectivity index (χ2v) is 4.85. The summed E-state index contributed by atoms with van der Waals surface area (Å²) in [6.45, 7) is 2.63. The van der Waals surface area contributed by atoms with Crippen molar-refractivity contribution in [3.05, 3.63) is 29.8 Å². The van der Waals surface area contributed by atoms with Crippen molar-refractivity contribution in [2.75, 3.05) is 20.2 Å². The zero-order valence-corrected chi connectivity index (χ0v) is 13.7. The van der Waals surface area contributed by atoms with Crippen molar-refractivity contribution < 1.29 is 14.3 Å². The Balaban J connectivity index is 0.00000441. The Morgan fingerprint density at radius 1 is 1.27 bits per heavy atom. The molecule has 0 aliphatic carbocycles. The minimum Gasteiger partial charge on any atom is -0.497 e. The number of ether oxygens (including phenoxy) is 1. The maximum Gasteiger partial charge on any atom is 0.251 e. The molecular weight excluding hydrogens is 306 g/mol. The van der Waals surface area contributed by atoms with Gasteiger partial charge in [0.2, 0.25) is 5.91 Å². The van der Waals surface area contributed by atoms with Crippen LogP contribution in [0.1, 0.15) is 30.1 Å². The van der Waals surface area contributed by atoms with Crippen molar-refractivity contribution in [2.45, 2.75) is 25.8 Å². The number of methoxy groups -OCH3 is 1. The molecule has 0 heterocycles. The van der Waals surface area contributed by atoms with E-state index >= 15 is 0 Å². The van der Waals surface area contributed by atoms with Crippen molar-refractivity contribution >= 4 is 24.2 Å². The number of halogens is 1. The van der Waals surface area contributed by atoms with Crippen molar-refractivity contribution in [2.24, 2.45) is 5.73 Å². The van der Waals surface area contributed by atoms with Crippen molar-refractivity contribution in [1.82, 2.24) is 10.6 Å². The van der Waals surface area contributed by atoms with E-state index in [1.54, 1.807) is 31.4 Å². The molecule has 7 heteroatoms. The van der Waals surface area contributed by atoms with Gasteiger partial charge in [0.25, 0.3) is 5.91 Å². The van der Waals surface area contributed by atoms with Gasteiger partial charge in [0.05, 0.1) is 7.11 Å². The van der Waals surface area contributed by atoms with Gasteiger partial charge in [0, 0.05) is 31.1 Å². The first-order valence-electron chi connectivity index (χ1n) is 6.97. The van der Waals surface area contributed by atoms with E-state index < -0.39 is 0 Å². The Labute approximate surface area is 137 Å². The number of carbonyl (C=O) groups is 2. The third kappa shape index (κ3) is 7.85. The summed E-state index contributed by atoms with van der Waals surface area (Å²) >= 11 is 0. The van der Waals surface area contributed by atoms with Gasteiger partial charge in [-0.2, -0.15) is 0 Å². The smallest absolute Gasteiger partial charge is 0.251 e. The van der Waals surface area contributed by atoms with E-state index in [9.17, 15) is 9.59 Å². The normalized spacial score (nSPS) is 11.0. The monoisotopic (exact) mass is 329 g/mol. The van der Waals surface area contributed by atoms with Gasteiger partial charge in [-0.25, -0.2) is 0 Å². The third-order valence-corrected chi connectivity index (χ3v) is 2.89. The molecule has 124 valence electrons. The first kappa shape index (κ1) is 20.2. The van der Waals surface area contributed by atoms with Gasteiger partial charge in [-0.3, -0.25) is 9.59 Å². The standard InChI is InChI=1S/C15H23N3O3.ClH/c1-11(16)6-7-14(19)17-8-9-18-15(20)12-4-3-5-13(10-12)21-2;/h3-5,10-11H,6-9,16H2,1-2H3,(H,17,19)(H,18,20);1H. The molecule has 0 bridgehead atoms. The van der Waals surface area contributed by atoms with Crippen LogP contribution >= 0.6 is 12.4 Å². The minimum absolute atomic E-state index is 0. The first-order chi connectivity index (χ1) is 10.0. The highest BCUT2D eigenvalue weighted by molar-refractivity contribution is 5.94. The molecule has 1 aromatic rings. The molecule has 0 aromatic heterocycles. The largest absolute Gasteiger partial charge is 0.497 e. The molecule has 0 fully saturated rings. The van der Waals surface area contributed by atoms with Crippen LogP contribution in [0.4, 0.5) is 0 Å². The number of amides is 2. The maximum atomic E-state index is 11.9. The number of nitrogens with two attached hydrogens (primary N) is 1. The van der Waals surface area contributed by atoms with E-state index in [4.69, 9.17) is 10.5 Å². The molecule has 4 N–H and O–H groups in total. The molecule has 0 radical (unpaired) electrons. The van der Waals surface area contributed by atoms with Crippen LogP contribution in [0.5, 0.6) is 5.75 Å². The van der Waals surface area contributed by atoms with Crippen LogP contribution in [0.2, 0.25) is 0 Å². The van der Waals surface area contributed by atoms with Gasteiger partial charge in [0.1, 0.15) is 5.75 Å². The van der Waals surface area contributed by atoms with E-state index in [0.29, 0.717) is 37.2 Å². The van der Waals surface area contributed by atoms with Crippen molar-refractivity contribution in [1.29, 1.82) is 0 Å². The lowest BCUT2D eigenvalue weighted by atomic mass is 10.2. The lowest BCUT2D eigenvalue weighted by molar-refractivity contribution is -0.121. The summed E-state index contributed by atoms with van der Waals surface area (Å²) in [5.41, 5.74) is 6.10. The average Bonchev–Trinajstić information content (AvgIpc) is 2.49. The van der Waals surface area contributed by atoms with Crippen LogP contribution < -0.4 is 21.1 Å². The molecule has 1 aromatic carbocycles. The van der Waals surface area contributed by atoms with Gasteiger partial charge in [0.15, 0.2) is 0 Å². The van der Waals surface area contributed by atoms with Crippen LogP contribution in [-0.4, -0.2) is 38.1 Å². The molecule has 0 spiro atoms. The Hall–Kier alpha value is -1.79. The second-order valence-electron chi connectivity index (χ2n) is 4.85. The van der Waals surface area contributed by atoms with E-state index in [-0.39, 0.29) is 30.3 Å². The quantitative estimate of drug-likeness (QED) is 0.622. The number of hydrogen-bond donors (Lipinski definition) is 3. The van der Waals surface area contributed by atoms with E-state index in [0.717, 1.165) is 0 Å². The van der Waals surface area contributed by atoms with E-state index in [2.05, 4.69) is 10.6 Å². The van der Waals surface area contributed by atoms with Crippen molar-refractivity contribution in [3.8, 4) is 5.75 Å². The van der Waals surface area contributed by atoms with Gasteiger partial charge in [-0.1, -0.05) is 6.07 Å². The predicted molar refractivity (Wildman–Crippen MR) is 88.5 cm³/mol. The second kappa shape index (κ2) is 10.9. The Morgan fingerprint density at radius 2 is 1.95 bits per heavy atom. The Bertz CT molecular complexity index is 481. The highest BCUT2D eigenvalue weighted by Gasteiger charge is 2.06. The molecular formula is C15H24ClN3O3. The fourth-order valence-corrected chi connectivity index (χ4v) is 1.69. The molecule has 1 rings (SSSR count). The molecule has 1 unspecified atom stereocenters. The summed E-state index contributed by atoms with van der Waals surface area (Å²) in [7, 11) is 1.55. The topological polar surface area (TPSA) is 93.5 Å². The average molecular weight is 330 g/mol. The lowest BCUT2D eigenvalue weighted by Crippen LogP contribution is -2.35. The molecule has 0 saturated heterocycles. The predicted octanol–water partition coefficient (Wildman–Crippen LogP) is 1.09. The van der Waals surface area contributed by atoms with Crippen molar-refractivity contribution in [3.63, 3.8) is 0 Å². The maximum absolute atomic E-state index is 11.9. The van der Waals surface area contributed by atoms with Gasteiger partial charge < -0.3 is 21.1 Å². The zero-order chi connectivity index (χ0) is 15.7. The SMILES string of the molecule is COc1cccc(C(=O)NCCNC(=O)CCC(C)N)c1.Cl. The highest BCUT2D eigenvalue weighted by Crippen LogP contribution is 2.12. The van der Waals surface area contributed by atoms with Crippen LogP contribution in [0, 0.1) is 0 Å². The van der Waals surface area contributed by atoms with E-state index in [1.165, 1.54) is 0 Å². The van der Waals surface area contributed by atoms with Crippen LogP contribution in [0.3, 0.4) is 0 Å². The molecule has 0 saturated carbocycles. The van der Waals surface area contributed by atoms with Gasteiger partial charge in [-0.15, -0.1) is 12.4 Å². The minimum atomic E-state index is -0.196. The summed E-state index contributed by atoms with van der Waals surface area (Å²) in [6, 6.07) is 6.91. The summed E-state index contributed by atoms with van der Waals surface area (Å²) in [5.74, 6) is 0.383. The molecule has 22 heavy (non-hydrogen) atoms. The number of benzene rings is 1. The van der Waals surface area contributed by atoms with Gasteiger partial charge >= 0.3 is 0 Å². The Morgan fingerprint density at radius 3 is 2.59 bits per heavy atom. The van der Waals surface area contributed by atoms with Crippen LogP contribution in [0.25, 0.3) is 0 Å². The number of hydrogen-bond acceptors (Lipinski definition) is 4. The van der Waals surface area contributed by atoms with E-state index in [1.807, 2.05) is 6.92 Å². The summed E-state index contributed by atoms with van der Waals surface area (Å²) in [4.78, 5) is 23.3. The zero-order valence-electron chi connectivity index (χ0n) is 12.9. The Kier molecular flexibility index (Phi) is 9.98. The number of rotatable bonds is 8. The molecule has 2 amide bonds. The highest BCUT2D eigenvalue weighted by atomic mass is 35.5. The molecule has 1 atom stereocenters. The van der Waals surface area contributed by atoms with Gasteiger partial charge in [-0.05, 0) is 31.5 Å². The number of carbonyl (C=O) groups excluding carboxylic acids is 2. The third-order valence-electron chi connectivity index (χ3n) is 2.89. The molecule has 0 aliphatic rings. The lowest BCUT2D eigenvalue weighted by Gasteiger charge is -2.09.